The first-order valence-electron chi connectivity index (χ1n) is 5.00. The Balaban J connectivity index is 2.35. The molecule has 2 rings (SSSR count). The van der Waals surface area contributed by atoms with Gasteiger partial charge in [0, 0.05) is 11.6 Å². The van der Waals surface area contributed by atoms with Gasteiger partial charge in [-0.3, -0.25) is 9.36 Å². The van der Waals surface area contributed by atoms with Gasteiger partial charge in [0.15, 0.2) is 0 Å². The van der Waals surface area contributed by atoms with Crippen molar-refractivity contribution in [1.82, 2.24) is 9.55 Å². The predicted molar refractivity (Wildman–Crippen MR) is 63.7 cm³/mol. The average molecular weight is 264 g/mol. The van der Waals surface area contributed by atoms with E-state index in [9.17, 15) is 9.18 Å². The fourth-order valence-corrected chi connectivity index (χ4v) is 1.59. The normalized spacial score (nSPS) is 10.1. The van der Waals surface area contributed by atoms with Gasteiger partial charge in [0.1, 0.15) is 11.0 Å². The molecule has 0 aliphatic carbocycles. The van der Waals surface area contributed by atoms with Crippen molar-refractivity contribution < 1.29 is 4.39 Å². The zero-order chi connectivity index (χ0) is 13.1. The van der Waals surface area contributed by atoms with Crippen molar-refractivity contribution in [3.8, 4) is 6.07 Å². The molecule has 0 bridgehead atoms. The van der Waals surface area contributed by atoms with Crippen molar-refractivity contribution in [2.24, 2.45) is 0 Å². The Labute approximate surface area is 107 Å². The second kappa shape index (κ2) is 4.98. The lowest BCUT2D eigenvalue weighted by Crippen LogP contribution is -2.20. The number of halogens is 2. The number of hydrogen-bond donors (Lipinski definition) is 0. The maximum absolute atomic E-state index is 13.6. The maximum Gasteiger partial charge on any atom is 0.255 e. The highest BCUT2D eigenvalue weighted by molar-refractivity contribution is 6.29. The van der Waals surface area contributed by atoms with Crippen LogP contribution >= 0.6 is 11.6 Å². The largest absolute Gasteiger partial charge is 0.295 e. The molecule has 0 amide bonds. The number of nitriles is 1. The molecule has 4 nitrogen and oxygen atoms in total. The van der Waals surface area contributed by atoms with Crippen LogP contribution in [0.5, 0.6) is 0 Å². The zero-order valence-corrected chi connectivity index (χ0v) is 9.86. The molecule has 1 aromatic heterocycles. The molecule has 0 unspecified atom stereocenters. The molecule has 6 heteroatoms. The summed E-state index contributed by atoms with van der Waals surface area (Å²) in [5.74, 6) is -0.532. The van der Waals surface area contributed by atoms with Crippen LogP contribution in [0.1, 0.15) is 11.1 Å². The van der Waals surface area contributed by atoms with Crippen LogP contribution in [0.15, 0.2) is 35.4 Å². The molecule has 0 N–H and O–H groups in total. The number of rotatable bonds is 2. The molecule has 0 fully saturated rings. The van der Waals surface area contributed by atoms with Gasteiger partial charge < -0.3 is 0 Å². The first kappa shape index (κ1) is 12.3. The van der Waals surface area contributed by atoms with Gasteiger partial charge in [-0.1, -0.05) is 17.7 Å². The number of hydrogen-bond acceptors (Lipinski definition) is 3. The Morgan fingerprint density at radius 3 is 2.83 bits per heavy atom. The molecule has 1 aromatic carbocycles. The third kappa shape index (κ3) is 2.55. The Hall–Kier alpha value is -2.19. The van der Waals surface area contributed by atoms with Gasteiger partial charge in [0.05, 0.1) is 24.5 Å². The predicted octanol–water partition coefficient (Wildman–Crippen LogP) is 1.96. The zero-order valence-electron chi connectivity index (χ0n) is 9.10. The van der Waals surface area contributed by atoms with E-state index >= 15 is 0 Å². The van der Waals surface area contributed by atoms with E-state index in [0.717, 1.165) is 12.1 Å². The van der Waals surface area contributed by atoms with Gasteiger partial charge in [-0.25, -0.2) is 9.37 Å². The van der Waals surface area contributed by atoms with E-state index in [4.69, 9.17) is 16.9 Å². The van der Waals surface area contributed by atoms with Gasteiger partial charge in [-0.05, 0) is 12.1 Å². The summed E-state index contributed by atoms with van der Waals surface area (Å²) in [6, 6.07) is 7.08. The molecule has 0 atom stereocenters. The van der Waals surface area contributed by atoms with Gasteiger partial charge in [0.2, 0.25) is 0 Å². The lowest BCUT2D eigenvalue weighted by molar-refractivity contribution is 0.593. The summed E-state index contributed by atoms with van der Waals surface area (Å²) in [7, 11) is 0. The van der Waals surface area contributed by atoms with Gasteiger partial charge in [0.25, 0.3) is 5.56 Å². The minimum atomic E-state index is -0.532. The third-order valence-electron chi connectivity index (χ3n) is 2.37. The summed E-state index contributed by atoms with van der Waals surface area (Å²) >= 11 is 5.56. The molecule has 90 valence electrons. The molecule has 0 spiro atoms. The topological polar surface area (TPSA) is 58.7 Å². The highest BCUT2D eigenvalue weighted by atomic mass is 35.5. The quantitative estimate of drug-likeness (QED) is 0.778. The monoisotopic (exact) mass is 263 g/mol. The summed E-state index contributed by atoms with van der Waals surface area (Å²) in [4.78, 5) is 15.3. The van der Waals surface area contributed by atoms with Crippen LogP contribution in [0, 0.1) is 17.1 Å². The van der Waals surface area contributed by atoms with Gasteiger partial charge in [-0.2, -0.15) is 5.26 Å². The van der Waals surface area contributed by atoms with E-state index in [1.165, 1.54) is 23.0 Å². The van der Waals surface area contributed by atoms with Crippen LogP contribution in [0.4, 0.5) is 4.39 Å². The second-order valence-electron chi connectivity index (χ2n) is 3.60. The van der Waals surface area contributed by atoms with E-state index in [1.54, 1.807) is 0 Å². The first-order chi connectivity index (χ1) is 8.60. The first-order valence-corrected chi connectivity index (χ1v) is 5.38. The minimum Gasteiger partial charge on any atom is -0.295 e. The maximum atomic E-state index is 13.6. The lowest BCUT2D eigenvalue weighted by Gasteiger charge is -2.06. The second-order valence-corrected chi connectivity index (χ2v) is 3.98. The molecule has 0 aliphatic rings. The van der Waals surface area contributed by atoms with Crippen LogP contribution in [0.25, 0.3) is 0 Å². The molecule has 18 heavy (non-hydrogen) atoms. The fourth-order valence-electron chi connectivity index (χ4n) is 1.45. The Bertz CT molecular complexity index is 690. The summed E-state index contributed by atoms with van der Waals surface area (Å²) in [5, 5.41) is 8.71. The molecule has 2 aromatic rings. The van der Waals surface area contributed by atoms with Crippen molar-refractivity contribution >= 4 is 11.6 Å². The molecular formula is C12H7ClFN3O. The standard InChI is InChI=1S/C12H7ClFN3O/c13-11-4-12(18)17(7-16-11)6-9-2-1-8(5-15)3-10(9)14/h1-4,7H,6H2. The van der Waals surface area contributed by atoms with Crippen molar-refractivity contribution in [1.29, 1.82) is 5.26 Å². The van der Waals surface area contributed by atoms with Crippen molar-refractivity contribution in [2.45, 2.75) is 6.54 Å². The summed E-state index contributed by atoms with van der Waals surface area (Å²) in [6.45, 7) is 0.0422. The minimum absolute atomic E-state index is 0.0422. The highest BCUT2D eigenvalue weighted by Crippen LogP contribution is 2.11. The number of benzene rings is 1. The number of aromatic nitrogens is 2. The molecule has 0 radical (unpaired) electrons. The smallest absolute Gasteiger partial charge is 0.255 e. The summed E-state index contributed by atoms with van der Waals surface area (Å²) in [6.07, 6.45) is 1.25. The highest BCUT2D eigenvalue weighted by Gasteiger charge is 2.06. The Morgan fingerprint density at radius 1 is 1.44 bits per heavy atom. The Kier molecular flexibility index (Phi) is 3.40. The van der Waals surface area contributed by atoms with Crippen molar-refractivity contribution in [3.63, 3.8) is 0 Å². The Morgan fingerprint density at radius 2 is 2.22 bits per heavy atom. The van der Waals surface area contributed by atoms with E-state index in [2.05, 4.69) is 4.98 Å². The SMILES string of the molecule is N#Cc1ccc(Cn2cnc(Cl)cc2=O)c(F)c1. The number of nitrogens with zero attached hydrogens (tertiary/aromatic N) is 3. The van der Waals surface area contributed by atoms with Crippen LogP contribution in [-0.4, -0.2) is 9.55 Å². The van der Waals surface area contributed by atoms with Crippen LogP contribution in [-0.2, 0) is 6.54 Å². The lowest BCUT2D eigenvalue weighted by atomic mass is 10.1. The van der Waals surface area contributed by atoms with E-state index in [-0.39, 0.29) is 22.8 Å². The fraction of sp³-hybridized carbons (Fsp3) is 0.0833. The molecule has 0 saturated carbocycles. The third-order valence-corrected chi connectivity index (χ3v) is 2.58. The average Bonchev–Trinajstić information content (AvgIpc) is 2.34. The van der Waals surface area contributed by atoms with Crippen LogP contribution < -0.4 is 5.56 Å². The van der Waals surface area contributed by atoms with Crippen molar-refractivity contribution in [2.75, 3.05) is 0 Å². The summed E-state index contributed by atoms with van der Waals surface area (Å²) in [5.41, 5.74) is 0.178. The van der Waals surface area contributed by atoms with Crippen LogP contribution in [0.2, 0.25) is 5.15 Å². The summed E-state index contributed by atoms with van der Waals surface area (Å²) < 4.78 is 14.9. The van der Waals surface area contributed by atoms with Gasteiger partial charge >= 0.3 is 0 Å². The molecule has 0 aliphatic heterocycles. The van der Waals surface area contributed by atoms with E-state index in [0.29, 0.717) is 5.56 Å². The molecular weight excluding hydrogens is 257 g/mol. The molecule has 1 heterocycles. The van der Waals surface area contributed by atoms with Crippen LogP contribution in [0.3, 0.4) is 0 Å². The van der Waals surface area contributed by atoms with E-state index < -0.39 is 5.82 Å². The van der Waals surface area contributed by atoms with Gasteiger partial charge in [-0.15, -0.1) is 0 Å². The van der Waals surface area contributed by atoms with E-state index in [1.807, 2.05) is 6.07 Å². The van der Waals surface area contributed by atoms with Crippen molar-refractivity contribution in [3.05, 3.63) is 63.0 Å². The molecule has 0 saturated heterocycles.